The number of carbonyl (C=O) groups is 1. The first kappa shape index (κ1) is 22.3. The molecule has 0 radical (unpaired) electrons. The molecule has 3 saturated heterocycles. The van der Waals surface area contributed by atoms with Crippen LogP contribution in [0.15, 0.2) is 4.99 Å². The molecule has 1 unspecified atom stereocenters. The number of morpholine rings is 2. The van der Waals surface area contributed by atoms with Gasteiger partial charge in [-0.3, -0.25) is 14.7 Å². The predicted molar refractivity (Wildman–Crippen MR) is 114 cm³/mol. The summed E-state index contributed by atoms with van der Waals surface area (Å²) in [5.74, 6) is 1.97. The molecule has 0 aromatic heterocycles. The standard InChI is InChI=1S/C21H39N5O3/c1-3-22-21(23-16-18(2)17-24-8-12-28-13-9-24)26-6-4-19(5-7-26)20(27)25-10-14-29-15-11-25/h18-19H,3-17H2,1-2H3,(H,22,23). The number of hydrogen-bond acceptors (Lipinski definition) is 5. The molecule has 1 atom stereocenters. The molecule has 8 heteroatoms. The molecule has 0 bridgehead atoms. The summed E-state index contributed by atoms with van der Waals surface area (Å²) in [5.41, 5.74) is 0. The number of amides is 1. The topological polar surface area (TPSA) is 69.6 Å². The molecule has 8 nitrogen and oxygen atoms in total. The predicted octanol–water partition coefficient (Wildman–Crippen LogP) is 0.491. The van der Waals surface area contributed by atoms with Crippen LogP contribution in [0.1, 0.15) is 26.7 Å². The van der Waals surface area contributed by atoms with Gasteiger partial charge in [0.1, 0.15) is 0 Å². The number of guanidine groups is 1. The Morgan fingerprint density at radius 1 is 1.00 bits per heavy atom. The lowest BCUT2D eigenvalue weighted by molar-refractivity contribution is -0.140. The molecule has 3 heterocycles. The minimum atomic E-state index is 0.146. The van der Waals surface area contributed by atoms with E-state index in [0.717, 1.165) is 90.9 Å². The van der Waals surface area contributed by atoms with Gasteiger partial charge in [0.2, 0.25) is 5.91 Å². The van der Waals surface area contributed by atoms with Gasteiger partial charge in [0.25, 0.3) is 0 Å². The summed E-state index contributed by atoms with van der Waals surface area (Å²) in [6.07, 6.45) is 1.81. The van der Waals surface area contributed by atoms with Gasteiger partial charge in [0.15, 0.2) is 5.96 Å². The quantitative estimate of drug-likeness (QED) is 0.509. The van der Waals surface area contributed by atoms with Crippen molar-refractivity contribution in [3.63, 3.8) is 0 Å². The average molecular weight is 410 g/mol. The second kappa shape index (κ2) is 11.7. The highest BCUT2D eigenvalue weighted by atomic mass is 16.5. The van der Waals surface area contributed by atoms with Gasteiger partial charge in [0.05, 0.1) is 26.4 Å². The zero-order valence-electron chi connectivity index (χ0n) is 18.3. The maximum Gasteiger partial charge on any atom is 0.225 e. The maximum absolute atomic E-state index is 12.8. The van der Waals surface area contributed by atoms with Crippen molar-refractivity contribution in [1.82, 2.24) is 20.0 Å². The minimum Gasteiger partial charge on any atom is -0.379 e. The smallest absolute Gasteiger partial charge is 0.225 e. The van der Waals surface area contributed by atoms with Crippen molar-refractivity contribution < 1.29 is 14.3 Å². The molecule has 0 saturated carbocycles. The number of nitrogens with one attached hydrogen (secondary N) is 1. The first-order valence-electron chi connectivity index (χ1n) is 11.4. The molecule has 3 aliphatic heterocycles. The van der Waals surface area contributed by atoms with Crippen LogP contribution in [0.4, 0.5) is 0 Å². The number of likely N-dealkylation sites (tertiary alicyclic amines) is 1. The van der Waals surface area contributed by atoms with E-state index in [1.165, 1.54) is 0 Å². The third kappa shape index (κ3) is 6.83. The fourth-order valence-electron chi connectivity index (χ4n) is 4.33. The van der Waals surface area contributed by atoms with Gasteiger partial charge in [-0.05, 0) is 25.7 Å². The summed E-state index contributed by atoms with van der Waals surface area (Å²) in [7, 11) is 0. The van der Waals surface area contributed by atoms with E-state index in [9.17, 15) is 4.79 Å². The summed E-state index contributed by atoms with van der Waals surface area (Å²) in [4.78, 5) is 24.5. The third-order valence-electron chi connectivity index (χ3n) is 6.03. The maximum atomic E-state index is 12.8. The lowest BCUT2D eigenvalue weighted by Crippen LogP contribution is -2.50. The summed E-state index contributed by atoms with van der Waals surface area (Å²) in [5, 5.41) is 3.45. The molecule has 3 aliphatic rings. The zero-order valence-corrected chi connectivity index (χ0v) is 18.3. The van der Waals surface area contributed by atoms with Crippen LogP contribution in [0, 0.1) is 11.8 Å². The van der Waals surface area contributed by atoms with E-state index in [-0.39, 0.29) is 5.92 Å². The molecule has 0 aromatic carbocycles. The Bertz CT molecular complexity index is 524. The fourth-order valence-corrected chi connectivity index (χ4v) is 4.33. The normalized spacial score (nSPS) is 23.9. The second-order valence-corrected chi connectivity index (χ2v) is 8.41. The zero-order chi connectivity index (χ0) is 20.5. The van der Waals surface area contributed by atoms with E-state index in [1.54, 1.807) is 0 Å². The van der Waals surface area contributed by atoms with Crippen LogP contribution < -0.4 is 5.32 Å². The molecule has 29 heavy (non-hydrogen) atoms. The Labute approximate surface area is 175 Å². The van der Waals surface area contributed by atoms with E-state index < -0.39 is 0 Å². The van der Waals surface area contributed by atoms with Crippen LogP contribution in [0.3, 0.4) is 0 Å². The van der Waals surface area contributed by atoms with Gasteiger partial charge in [0, 0.05) is 64.8 Å². The highest BCUT2D eigenvalue weighted by Gasteiger charge is 2.30. The Morgan fingerprint density at radius 3 is 2.24 bits per heavy atom. The fraction of sp³-hybridized carbons (Fsp3) is 0.905. The Hall–Kier alpha value is -1.38. The Balaban J connectivity index is 1.46. The number of hydrogen-bond donors (Lipinski definition) is 1. The number of nitrogens with zero attached hydrogens (tertiary/aromatic N) is 4. The lowest BCUT2D eigenvalue weighted by atomic mass is 9.95. The first-order valence-corrected chi connectivity index (χ1v) is 11.4. The van der Waals surface area contributed by atoms with Gasteiger partial charge in [-0.1, -0.05) is 6.92 Å². The van der Waals surface area contributed by atoms with Crippen molar-refractivity contribution in [2.45, 2.75) is 26.7 Å². The lowest BCUT2D eigenvalue weighted by Gasteiger charge is -2.37. The van der Waals surface area contributed by atoms with Crippen molar-refractivity contribution in [2.75, 3.05) is 85.3 Å². The van der Waals surface area contributed by atoms with E-state index in [0.29, 0.717) is 25.0 Å². The minimum absolute atomic E-state index is 0.146. The average Bonchev–Trinajstić information content (AvgIpc) is 2.77. The number of carbonyl (C=O) groups excluding carboxylic acids is 1. The monoisotopic (exact) mass is 409 g/mol. The van der Waals surface area contributed by atoms with Gasteiger partial charge in [-0.25, -0.2) is 0 Å². The molecule has 3 fully saturated rings. The molecule has 0 aliphatic carbocycles. The molecule has 166 valence electrons. The first-order chi connectivity index (χ1) is 14.2. The van der Waals surface area contributed by atoms with Crippen molar-refractivity contribution in [3.8, 4) is 0 Å². The summed E-state index contributed by atoms with van der Waals surface area (Å²) >= 11 is 0. The summed E-state index contributed by atoms with van der Waals surface area (Å²) in [6.45, 7) is 15.5. The molecule has 1 amide bonds. The molecule has 0 spiro atoms. The second-order valence-electron chi connectivity index (χ2n) is 8.41. The largest absolute Gasteiger partial charge is 0.379 e. The summed E-state index contributed by atoms with van der Waals surface area (Å²) in [6, 6.07) is 0. The van der Waals surface area contributed by atoms with E-state index >= 15 is 0 Å². The highest BCUT2D eigenvalue weighted by molar-refractivity contribution is 5.81. The number of rotatable bonds is 6. The Morgan fingerprint density at radius 2 is 1.62 bits per heavy atom. The van der Waals surface area contributed by atoms with Crippen molar-refractivity contribution in [1.29, 1.82) is 0 Å². The van der Waals surface area contributed by atoms with Crippen LogP contribution in [-0.4, -0.2) is 112 Å². The number of aliphatic imine (C=N–C) groups is 1. The van der Waals surface area contributed by atoms with Crippen molar-refractivity contribution >= 4 is 11.9 Å². The van der Waals surface area contributed by atoms with E-state index in [2.05, 4.69) is 29.0 Å². The van der Waals surface area contributed by atoms with Crippen LogP contribution >= 0.6 is 0 Å². The van der Waals surface area contributed by atoms with Gasteiger partial charge < -0.3 is 24.6 Å². The molecular weight excluding hydrogens is 370 g/mol. The van der Waals surface area contributed by atoms with Crippen molar-refractivity contribution in [3.05, 3.63) is 0 Å². The molecule has 1 N–H and O–H groups in total. The van der Waals surface area contributed by atoms with Crippen molar-refractivity contribution in [2.24, 2.45) is 16.8 Å². The number of piperidine rings is 1. The highest BCUT2D eigenvalue weighted by Crippen LogP contribution is 2.20. The van der Waals surface area contributed by atoms with Crippen LogP contribution in [0.25, 0.3) is 0 Å². The van der Waals surface area contributed by atoms with Crippen LogP contribution in [-0.2, 0) is 14.3 Å². The van der Waals surface area contributed by atoms with Crippen LogP contribution in [0.2, 0.25) is 0 Å². The SMILES string of the molecule is CCNC(=NCC(C)CN1CCOCC1)N1CCC(C(=O)N2CCOCC2)CC1. The van der Waals surface area contributed by atoms with E-state index in [1.807, 2.05) is 4.90 Å². The van der Waals surface area contributed by atoms with E-state index in [4.69, 9.17) is 14.5 Å². The van der Waals surface area contributed by atoms with Gasteiger partial charge in [-0.15, -0.1) is 0 Å². The van der Waals surface area contributed by atoms with Gasteiger partial charge >= 0.3 is 0 Å². The van der Waals surface area contributed by atoms with Crippen LogP contribution in [0.5, 0.6) is 0 Å². The molecule has 0 aromatic rings. The summed E-state index contributed by atoms with van der Waals surface area (Å²) < 4.78 is 10.8. The molecular formula is C21H39N5O3. The molecule has 3 rings (SSSR count). The number of ether oxygens (including phenoxy) is 2. The third-order valence-corrected chi connectivity index (χ3v) is 6.03. The Kier molecular flexibility index (Phi) is 9.01. The van der Waals surface area contributed by atoms with Gasteiger partial charge in [-0.2, -0.15) is 0 Å².